The van der Waals surface area contributed by atoms with Crippen LogP contribution in [0.25, 0.3) is 0 Å². The molecule has 0 bridgehead atoms. The van der Waals surface area contributed by atoms with Gasteiger partial charge in [0.25, 0.3) is 5.91 Å². The molecule has 2 heterocycles. The van der Waals surface area contributed by atoms with Crippen LogP contribution >= 0.6 is 11.8 Å². The first-order chi connectivity index (χ1) is 14.0. The van der Waals surface area contributed by atoms with Crippen molar-refractivity contribution in [2.24, 2.45) is 0 Å². The number of carbonyl (C=O) groups is 2. The lowest BCUT2D eigenvalue weighted by Gasteiger charge is -2.32. The molecule has 2 atom stereocenters. The smallest absolute Gasteiger partial charge is 0.251 e. The quantitative estimate of drug-likeness (QED) is 0.578. The molecule has 0 unspecified atom stereocenters. The number of anilines is 1. The Morgan fingerprint density at radius 1 is 1.14 bits per heavy atom. The van der Waals surface area contributed by atoms with Gasteiger partial charge in [0, 0.05) is 21.9 Å². The highest BCUT2D eigenvalue weighted by Crippen LogP contribution is 2.38. The van der Waals surface area contributed by atoms with E-state index in [1.165, 1.54) is 0 Å². The van der Waals surface area contributed by atoms with E-state index in [1.54, 1.807) is 17.8 Å². The molecule has 1 aromatic heterocycles. The van der Waals surface area contributed by atoms with Gasteiger partial charge in [-0.05, 0) is 49.9 Å². The van der Waals surface area contributed by atoms with E-state index < -0.39 is 6.04 Å². The third-order valence-corrected chi connectivity index (χ3v) is 5.95. The van der Waals surface area contributed by atoms with E-state index in [2.05, 4.69) is 20.8 Å². The zero-order valence-corrected chi connectivity index (χ0v) is 17.3. The number of rotatable bonds is 4. The number of nitrogens with one attached hydrogen (secondary N) is 3. The Morgan fingerprint density at radius 3 is 2.59 bits per heavy atom. The zero-order valence-electron chi connectivity index (χ0n) is 16.4. The molecule has 3 aromatic rings. The number of H-pyrrole nitrogens is 1. The molecular formula is C22H22N4O2S. The highest BCUT2D eigenvalue weighted by molar-refractivity contribution is 7.98. The number of hydrogen-bond acceptors (Lipinski definition) is 4. The minimum Gasteiger partial charge on any atom is -0.339 e. The molecule has 1 aliphatic heterocycles. The van der Waals surface area contributed by atoms with E-state index in [9.17, 15) is 9.59 Å². The lowest BCUT2D eigenvalue weighted by Crippen LogP contribution is -2.50. The molecule has 0 fully saturated rings. The van der Waals surface area contributed by atoms with E-state index in [0.29, 0.717) is 11.4 Å². The third kappa shape index (κ3) is 3.65. The van der Waals surface area contributed by atoms with Crippen molar-refractivity contribution in [2.75, 3.05) is 11.6 Å². The Labute approximate surface area is 173 Å². The van der Waals surface area contributed by atoms with Crippen molar-refractivity contribution in [2.45, 2.75) is 30.7 Å². The minimum absolute atomic E-state index is 0.263. The Bertz CT molecular complexity index is 1070. The van der Waals surface area contributed by atoms with Gasteiger partial charge in [-0.15, -0.1) is 11.8 Å². The van der Waals surface area contributed by atoms with Crippen LogP contribution in [0, 0.1) is 13.8 Å². The van der Waals surface area contributed by atoms with Gasteiger partial charge in [0.1, 0.15) is 11.9 Å². The number of fused-ring (bicyclic) bond motifs is 1. The second kappa shape index (κ2) is 7.75. The summed E-state index contributed by atoms with van der Waals surface area (Å²) >= 11 is 1.66. The number of aryl methyl sites for hydroxylation is 2. The number of hydrogen-bond donors (Lipinski definition) is 3. The first-order valence-corrected chi connectivity index (χ1v) is 10.6. The van der Waals surface area contributed by atoms with Crippen molar-refractivity contribution in [3.8, 4) is 0 Å². The molecule has 0 saturated carbocycles. The number of aromatic nitrogens is 2. The van der Waals surface area contributed by atoms with Crippen molar-refractivity contribution in [3.05, 3.63) is 76.5 Å². The van der Waals surface area contributed by atoms with E-state index in [4.69, 9.17) is 0 Å². The highest BCUT2D eigenvalue weighted by Gasteiger charge is 2.40. The average molecular weight is 407 g/mol. The maximum atomic E-state index is 12.9. The largest absolute Gasteiger partial charge is 0.339 e. The maximum Gasteiger partial charge on any atom is 0.251 e. The standard InChI is InChI=1S/C22H22N4O2S/c1-12-5-4-6-15(11-12)21(27)23-19-18(14-7-9-16(29-3)10-8-14)17-13(2)25-26-20(17)24-22(19)28/h4-11,18-19H,1-3H3,(H,23,27)(H2,24,25,26,28)/t18-,19+/m1/s1. The molecule has 0 spiro atoms. The van der Waals surface area contributed by atoms with Crippen molar-refractivity contribution >= 4 is 29.4 Å². The fourth-order valence-corrected chi connectivity index (χ4v) is 4.17. The van der Waals surface area contributed by atoms with E-state index >= 15 is 0 Å². The molecule has 0 aliphatic carbocycles. The molecule has 6 nitrogen and oxygen atoms in total. The van der Waals surface area contributed by atoms with Crippen molar-refractivity contribution < 1.29 is 9.59 Å². The Hall–Kier alpha value is -3.06. The number of amides is 2. The van der Waals surface area contributed by atoms with Crippen LogP contribution in [0.15, 0.2) is 53.4 Å². The van der Waals surface area contributed by atoms with Gasteiger partial charge >= 0.3 is 0 Å². The van der Waals surface area contributed by atoms with Crippen LogP contribution in [0.4, 0.5) is 5.82 Å². The van der Waals surface area contributed by atoms with E-state index in [-0.39, 0.29) is 17.7 Å². The predicted molar refractivity (Wildman–Crippen MR) is 114 cm³/mol. The van der Waals surface area contributed by atoms with Gasteiger partial charge in [0.2, 0.25) is 5.91 Å². The molecule has 2 aromatic carbocycles. The first kappa shape index (κ1) is 19.3. The molecule has 0 saturated heterocycles. The summed E-state index contributed by atoms with van der Waals surface area (Å²) in [6.07, 6.45) is 2.02. The van der Waals surface area contributed by atoms with Crippen LogP contribution in [0.2, 0.25) is 0 Å². The second-order valence-corrected chi connectivity index (χ2v) is 8.04. The molecular weight excluding hydrogens is 384 g/mol. The van der Waals surface area contributed by atoms with Crippen LogP contribution in [0.3, 0.4) is 0 Å². The number of aromatic amines is 1. The number of thioether (sulfide) groups is 1. The summed E-state index contributed by atoms with van der Waals surface area (Å²) in [7, 11) is 0. The van der Waals surface area contributed by atoms with Gasteiger partial charge < -0.3 is 10.6 Å². The van der Waals surface area contributed by atoms with Gasteiger partial charge in [-0.25, -0.2) is 0 Å². The fourth-order valence-electron chi connectivity index (χ4n) is 3.77. The lowest BCUT2D eigenvalue weighted by molar-refractivity contribution is -0.118. The first-order valence-electron chi connectivity index (χ1n) is 9.35. The zero-order chi connectivity index (χ0) is 20.5. The molecule has 2 amide bonds. The number of benzene rings is 2. The van der Waals surface area contributed by atoms with E-state index in [0.717, 1.165) is 27.3 Å². The molecule has 1 aliphatic rings. The molecule has 7 heteroatoms. The van der Waals surface area contributed by atoms with E-state index in [1.807, 2.05) is 62.6 Å². The SMILES string of the molecule is CSc1ccc([C@@H]2c3c(C)n[nH]c3NC(=O)[C@H]2NC(=O)c2cccc(C)c2)cc1. The van der Waals surface area contributed by atoms with Gasteiger partial charge in [-0.3, -0.25) is 14.7 Å². The normalized spacial score (nSPS) is 18.1. The second-order valence-electron chi connectivity index (χ2n) is 7.16. The number of nitrogens with zero attached hydrogens (tertiary/aromatic N) is 1. The molecule has 29 heavy (non-hydrogen) atoms. The predicted octanol–water partition coefficient (Wildman–Crippen LogP) is 3.63. The fraction of sp³-hybridized carbons (Fsp3) is 0.227. The van der Waals surface area contributed by atoms with Crippen LogP contribution in [-0.4, -0.2) is 34.3 Å². The monoisotopic (exact) mass is 406 g/mol. The van der Waals surface area contributed by atoms with Gasteiger partial charge in [-0.1, -0.05) is 29.8 Å². The van der Waals surface area contributed by atoms with Crippen LogP contribution in [0.1, 0.15) is 38.7 Å². The third-order valence-electron chi connectivity index (χ3n) is 5.21. The topological polar surface area (TPSA) is 86.9 Å². The molecule has 4 rings (SSSR count). The van der Waals surface area contributed by atoms with Crippen LogP contribution < -0.4 is 10.6 Å². The van der Waals surface area contributed by atoms with Gasteiger partial charge in [0.15, 0.2) is 0 Å². The summed E-state index contributed by atoms with van der Waals surface area (Å²) in [5.41, 5.74) is 4.18. The Balaban J connectivity index is 1.74. The van der Waals surface area contributed by atoms with Gasteiger partial charge in [0.05, 0.1) is 5.69 Å². The van der Waals surface area contributed by atoms with Crippen molar-refractivity contribution in [1.82, 2.24) is 15.5 Å². The van der Waals surface area contributed by atoms with Gasteiger partial charge in [-0.2, -0.15) is 5.10 Å². The maximum absolute atomic E-state index is 12.9. The summed E-state index contributed by atoms with van der Waals surface area (Å²) in [5, 5.41) is 13.0. The highest BCUT2D eigenvalue weighted by atomic mass is 32.2. The Morgan fingerprint density at radius 2 is 1.90 bits per heavy atom. The summed E-state index contributed by atoms with van der Waals surface area (Å²) in [4.78, 5) is 27.0. The molecule has 3 N–H and O–H groups in total. The number of carbonyl (C=O) groups excluding carboxylic acids is 2. The van der Waals surface area contributed by atoms with Crippen LogP contribution in [0.5, 0.6) is 0 Å². The average Bonchev–Trinajstić information content (AvgIpc) is 3.08. The molecule has 0 radical (unpaired) electrons. The van der Waals surface area contributed by atoms with Crippen molar-refractivity contribution in [3.63, 3.8) is 0 Å². The van der Waals surface area contributed by atoms with Crippen molar-refractivity contribution in [1.29, 1.82) is 0 Å². The lowest BCUT2D eigenvalue weighted by atomic mass is 9.82. The molecule has 148 valence electrons. The summed E-state index contributed by atoms with van der Waals surface area (Å²) in [6, 6.07) is 14.7. The summed E-state index contributed by atoms with van der Waals surface area (Å²) in [5.74, 6) is -0.278. The summed E-state index contributed by atoms with van der Waals surface area (Å²) in [6.45, 7) is 3.83. The Kier molecular flexibility index (Phi) is 5.15. The minimum atomic E-state index is -0.744. The van der Waals surface area contributed by atoms with Crippen LogP contribution in [-0.2, 0) is 4.79 Å². The summed E-state index contributed by atoms with van der Waals surface area (Å²) < 4.78 is 0.